The van der Waals surface area contributed by atoms with E-state index in [1.54, 1.807) is 0 Å². The normalized spacial score (nSPS) is 10.4. The van der Waals surface area contributed by atoms with Crippen molar-refractivity contribution in [3.8, 4) is 5.75 Å². The molecule has 0 heterocycles. The highest BCUT2D eigenvalue weighted by Gasteiger charge is 2.09. The number of benzene rings is 1. The summed E-state index contributed by atoms with van der Waals surface area (Å²) in [5, 5.41) is 9.29. The van der Waals surface area contributed by atoms with Crippen molar-refractivity contribution in [1.29, 1.82) is 0 Å². The van der Waals surface area contributed by atoms with E-state index in [2.05, 4.69) is 4.74 Å². The summed E-state index contributed by atoms with van der Waals surface area (Å²) in [6, 6.07) is 2.98. The van der Waals surface area contributed by atoms with Gasteiger partial charge in [0.2, 0.25) is 0 Å². The molecule has 0 amide bonds. The first-order valence-electron chi connectivity index (χ1n) is 4.33. The molecular formula is C11H9FO4. The average Bonchev–Trinajstić information content (AvgIpc) is 2.28. The Kier molecular flexibility index (Phi) is 3.77. The van der Waals surface area contributed by atoms with Gasteiger partial charge in [-0.15, -0.1) is 0 Å². The number of ketones is 1. The predicted molar refractivity (Wildman–Crippen MR) is 53.6 cm³/mol. The van der Waals surface area contributed by atoms with E-state index in [9.17, 15) is 19.1 Å². The molecule has 0 bridgehead atoms. The fourth-order valence-electron chi connectivity index (χ4n) is 1.01. The fraction of sp³-hybridized carbons (Fsp3) is 0.0909. The summed E-state index contributed by atoms with van der Waals surface area (Å²) in [5.41, 5.74) is -0.208. The third kappa shape index (κ3) is 2.91. The van der Waals surface area contributed by atoms with Crippen LogP contribution in [0.4, 0.5) is 4.39 Å². The molecule has 1 N–H and O–H groups in total. The summed E-state index contributed by atoms with van der Waals surface area (Å²) in [5.74, 6) is -2.37. The number of hydrogen-bond donors (Lipinski definition) is 1. The Morgan fingerprint density at radius 1 is 1.38 bits per heavy atom. The van der Waals surface area contributed by atoms with Crippen LogP contribution in [0.2, 0.25) is 0 Å². The molecule has 5 heteroatoms. The molecule has 0 saturated carbocycles. The Labute approximate surface area is 91.0 Å². The molecule has 0 aliphatic heterocycles. The van der Waals surface area contributed by atoms with Gasteiger partial charge >= 0.3 is 5.97 Å². The number of hydrogen-bond acceptors (Lipinski definition) is 4. The van der Waals surface area contributed by atoms with Crippen LogP contribution in [0.5, 0.6) is 5.75 Å². The molecule has 16 heavy (non-hydrogen) atoms. The molecule has 0 atom stereocenters. The third-order valence-corrected chi connectivity index (χ3v) is 1.80. The van der Waals surface area contributed by atoms with Crippen molar-refractivity contribution in [3.05, 3.63) is 41.7 Å². The minimum Gasteiger partial charge on any atom is -0.507 e. The van der Waals surface area contributed by atoms with E-state index in [0.717, 1.165) is 37.5 Å². The maximum atomic E-state index is 12.8. The second kappa shape index (κ2) is 5.06. The number of rotatable bonds is 3. The van der Waals surface area contributed by atoms with Crippen molar-refractivity contribution in [2.24, 2.45) is 0 Å². The largest absolute Gasteiger partial charge is 0.507 e. The number of methoxy groups -OCH3 is 1. The molecule has 0 aromatic heterocycles. The second-order valence-electron chi connectivity index (χ2n) is 2.88. The second-order valence-corrected chi connectivity index (χ2v) is 2.88. The lowest BCUT2D eigenvalue weighted by Gasteiger charge is -1.99. The number of halogens is 1. The molecule has 0 unspecified atom stereocenters. The zero-order valence-electron chi connectivity index (χ0n) is 8.44. The number of carbonyl (C=O) groups excluding carboxylic acids is 2. The van der Waals surface area contributed by atoms with Crippen LogP contribution in [-0.2, 0) is 9.53 Å². The van der Waals surface area contributed by atoms with E-state index >= 15 is 0 Å². The predicted octanol–water partition coefficient (Wildman–Crippen LogP) is 1.44. The Morgan fingerprint density at radius 2 is 2.06 bits per heavy atom. The molecule has 0 saturated heterocycles. The van der Waals surface area contributed by atoms with Crippen LogP contribution in [-0.4, -0.2) is 24.0 Å². The molecule has 0 radical (unpaired) electrons. The topological polar surface area (TPSA) is 63.6 Å². The fourth-order valence-corrected chi connectivity index (χ4v) is 1.01. The van der Waals surface area contributed by atoms with Gasteiger partial charge in [-0.3, -0.25) is 4.79 Å². The number of esters is 1. The van der Waals surface area contributed by atoms with E-state index in [4.69, 9.17) is 0 Å². The maximum Gasteiger partial charge on any atom is 0.330 e. The Balaban J connectivity index is 2.92. The summed E-state index contributed by atoms with van der Waals surface area (Å²) < 4.78 is 17.1. The Morgan fingerprint density at radius 3 is 2.69 bits per heavy atom. The van der Waals surface area contributed by atoms with Crippen LogP contribution in [0.1, 0.15) is 10.4 Å². The van der Waals surface area contributed by atoms with Crippen LogP contribution >= 0.6 is 0 Å². The van der Waals surface area contributed by atoms with Gasteiger partial charge in [0.05, 0.1) is 12.7 Å². The van der Waals surface area contributed by atoms with Gasteiger partial charge in [-0.05, 0) is 24.3 Å². The van der Waals surface area contributed by atoms with E-state index in [1.807, 2.05) is 0 Å². The number of phenolic OH excluding ortho intramolecular Hbond substituents is 1. The number of aromatic hydroxyl groups is 1. The van der Waals surface area contributed by atoms with E-state index in [-0.39, 0.29) is 11.3 Å². The Bertz CT molecular complexity index is 451. The lowest BCUT2D eigenvalue weighted by atomic mass is 10.1. The van der Waals surface area contributed by atoms with Crippen molar-refractivity contribution in [1.82, 2.24) is 0 Å². The van der Waals surface area contributed by atoms with Crippen molar-refractivity contribution in [2.75, 3.05) is 7.11 Å². The highest BCUT2D eigenvalue weighted by Crippen LogP contribution is 2.18. The van der Waals surface area contributed by atoms with Gasteiger partial charge in [-0.2, -0.15) is 0 Å². The molecule has 1 aromatic carbocycles. The summed E-state index contributed by atoms with van der Waals surface area (Å²) in [7, 11) is 1.16. The first-order chi connectivity index (χ1) is 7.54. The smallest absolute Gasteiger partial charge is 0.330 e. The average molecular weight is 224 g/mol. The first-order valence-corrected chi connectivity index (χ1v) is 4.33. The third-order valence-electron chi connectivity index (χ3n) is 1.80. The van der Waals surface area contributed by atoms with Crippen LogP contribution < -0.4 is 0 Å². The monoisotopic (exact) mass is 224 g/mol. The lowest BCUT2D eigenvalue weighted by molar-refractivity contribution is -0.134. The highest BCUT2D eigenvalue weighted by atomic mass is 19.1. The van der Waals surface area contributed by atoms with Crippen molar-refractivity contribution >= 4 is 11.8 Å². The van der Waals surface area contributed by atoms with Crippen LogP contribution in [0, 0.1) is 5.82 Å². The van der Waals surface area contributed by atoms with E-state index in [1.165, 1.54) is 0 Å². The minimum atomic E-state index is -0.704. The standard InChI is InChI=1S/C11H9FO4/c1-16-11(15)5-4-10(14)8-6-7(12)2-3-9(8)13/h2-6,13H,1H3/b5-4+. The minimum absolute atomic E-state index is 0.208. The van der Waals surface area contributed by atoms with Gasteiger partial charge in [0.25, 0.3) is 0 Å². The number of phenols is 1. The molecule has 0 spiro atoms. The molecule has 84 valence electrons. The Hall–Kier alpha value is -2.17. The van der Waals surface area contributed by atoms with Crippen molar-refractivity contribution in [3.63, 3.8) is 0 Å². The van der Waals surface area contributed by atoms with Crippen LogP contribution in [0.15, 0.2) is 30.4 Å². The maximum absolute atomic E-state index is 12.8. The molecular weight excluding hydrogens is 215 g/mol. The SMILES string of the molecule is COC(=O)/C=C/C(=O)c1cc(F)ccc1O. The number of ether oxygens (including phenoxy) is 1. The van der Waals surface area contributed by atoms with E-state index < -0.39 is 17.6 Å². The molecule has 1 aromatic rings. The molecule has 0 fully saturated rings. The summed E-state index contributed by atoms with van der Waals surface area (Å²) in [4.78, 5) is 22.1. The summed E-state index contributed by atoms with van der Waals surface area (Å²) in [6.45, 7) is 0. The zero-order chi connectivity index (χ0) is 12.1. The van der Waals surface area contributed by atoms with Gasteiger partial charge in [-0.1, -0.05) is 0 Å². The van der Waals surface area contributed by atoms with Gasteiger partial charge in [-0.25, -0.2) is 9.18 Å². The van der Waals surface area contributed by atoms with Gasteiger partial charge in [0, 0.05) is 6.08 Å². The quantitative estimate of drug-likeness (QED) is 0.479. The first kappa shape index (κ1) is 11.9. The number of carbonyl (C=O) groups is 2. The van der Waals surface area contributed by atoms with Crippen LogP contribution in [0.3, 0.4) is 0 Å². The molecule has 0 aliphatic carbocycles. The van der Waals surface area contributed by atoms with Gasteiger partial charge in [0.1, 0.15) is 11.6 Å². The van der Waals surface area contributed by atoms with Crippen molar-refractivity contribution in [2.45, 2.75) is 0 Å². The zero-order valence-corrected chi connectivity index (χ0v) is 8.44. The summed E-state index contributed by atoms with van der Waals surface area (Å²) >= 11 is 0. The lowest BCUT2D eigenvalue weighted by Crippen LogP contribution is -1.99. The highest BCUT2D eigenvalue weighted by molar-refractivity contribution is 6.08. The molecule has 0 aliphatic rings. The summed E-state index contributed by atoms with van der Waals surface area (Å²) in [6.07, 6.45) is 1.80. The van der Waals surface area contributed by atoms with Crippen LogP contribution in [0.25, 0.3) is 0 Å². The molecule has 1 rings (SSSR count). The van der Waals surface area contributed by atoms with Crippen molar-refractivity contribution < 1.29 is 23.8 Å². The van der Waals surface area contributed by atoms with Gasteiger partial charge < -0.3 is 9.84 Å². The van der Waals surface area contributed by atoms with Gasteiger partial charge in [0.15, 0.2) is 5.78 Å². The molecule has 4 nitrogen and oxygen atoms in total. The van der Waals surface area contributed by atoms with E-state index in [0.29, 0.717) is 0 Å². The number of allylic oxidation sites excluding steroid dienone is 1.